The largest absolute Gasteiger partial charge is 0.330 e. The van der Waals surface area contributed by atoms with E-state index in [1.807, 2.05) is 32.2 Å². The zero-order valence-corrected chi connectivity index (χ0v) is 12.9. The van der Waals surface area contributed by atoms with Crippen molar-refractivity contribution >= 4 is 16.9 Å². The predicted octanol–water partition coefficient (Wildman–Crippen LogP) is 3.43. The van der Waals surface area contributed by atoms with Crippen LogP contribution in [-0.2, 0) is 6.42 Å². The van der Waals surface area contributed by atoms with Crippen LogP contribution < -0.4 is 5.73 Å². The van der Waals surface area contributed by atoms with Crippen LogP contribution in [0.4, 0.5) is 0 Å². The van der Waals surface area contributed by atoms with Gasteiger partial charge in [-0.05, 0) is 37.4 Å². The SMILES string of the molecule is CCCCc1ccc(C(=O)SC(C)(C)CCN)nc1. The number of carbonyl (C=O) groups excluding carboxylic acids is 1. The lowest BCUT2D eigenvalue weighted by atomic mass is 10.1. The smallest absolute Gasteiger partial charge is 0.238 e. The van der Waals surface area contributed by atoms with Crippen LogP contribution in [0.1, 0.15) is 56.1 Å². The molecule has 0 unspecified atom stereocenters. The topological polar surface area (TPSA) is 56.0 Å². The van der Waals surface area contributed by atoms with Gasteiger partial charge in [0, 0.05) is 10.9 Å². The van der Waals surface area contributed by atoms with Crippen LogP contribution >= 0.6 is 11.8 Å². The molecule has 0 atom stereocenters. The molecule has 0 bridgehead atoms. The molecule has 0 aliphatic carbocycles. The van der Waals surface area contributed by atoms with E-state index >= 15 is 0 Å². The second-order valence-electron chi connectivity index (χ2n) is 5.34. The van der Waals surface area contributed by atoms with Gasteiger partial charge in [0.2, 0.25) is 5.12 Å². The van der Waals surface area contributed by atoms with E-state index in [9.17, 15) is 4.79 Å². The number of unbranched alkanes of at least 4 members (excludes halogenated alkanes) is 1. The lowest BCUT2D eigenvalue weighted by Gasteiger charge is -2.21. The molecule has 106 valence electrons. The summed E-state index contributed by atoms with van der Waals surface area (Å²) in [5.41, 5.74) is 7.29. The van der Waals surface area contributed by atoms with Crippen molar-refractivity contribution in [3.8, 4) is 0 Å². The fourth-order valence-electron chi connectivity index (χ4n) is 1.78. The van der Waals surface area contributed by atoms with E-state index in [-0.39, 0.29) is 9.86 Å². The molecule has 1 aromatic heterocycles. The number of aryl methyl sites for hydroxylation is 1. The van der Waals surface area contributed by atoms with Gasteiger partial charge in [0.15, 0.2) is 0 Å². The summed E-state index contributed by atoms with van der Waals surface area (Å²) in [5.74, 6) is 0. The van der Waals surface area contributed by atoms with Crippen molar-refractivity contribution in [1.29, 1.82) is 0 Å². The van der Waals surface area contributed by atoms with Gasteiger partial charge in [-0.1, -0.05) is 45.0 Å². The third kappa shape index (κ3) is 5.74. The van der Waals surface area contributed by atoms with Crippen LogP contribution in [0.5, 0.6) is 0 Å². The summed E-state index contributed by atoms with van der Waals surface area (Å²) in [6.07, 6.45) is 6.00. The molecule has 4 heteroatoms. The van der Waals surface area contributed by atoms with Gasteiger partial charge < -0.3 is 5.73 Å². The molecule has 1 aromatic rings. The highest BCUT2D eigenvalue weighted by Gasteiger charge is 2.23. The Balaban J connectivity index is 2.62. The van der Waals surface area contributed by atoms with Crippen molar-refractivity contribution in [3.05, 3.63) is 29.6 Å². The van der Waals surface area contributed by atoms with E-state index in [2.05, 4.69) is 11.9 Å². The van der Waals surface area contributed by atoms with Crippen LogP contribution in [0.3, 0.4) is 0 Å². The fraction of sp³-hybridized carbons (Fsp3) is 0.600. The predicted molar refractivity (Wildman–Crippen MR) is 82.5 cm³/mol. The van der Waals surface area contributed by atoms with Crippen molar-refractivity contribution in [1.82, 2.24) is 4.98 Å². The molecule has 0 aromatic carbocycles. The molecular formula is C15H24N2OS. The lowest BCUT2D eigenvalue weighted by Crippen LogP contribution is -2.22. The number of hydrogen-bond acceptors (Lipinski definition) is 4. The Bertz CT molecular complexity index is 401. The Kier molecular flexibility index (Phi) is 6.52. The molecule has 19 heavy (non-hydrogen) atoms. The van der Waals surface area contributed by atoms with Gasteiger partial charge in [0.1, 0.15) is 5.69 Å². The zero-order chi connectivity index (χ0) is 14.3. The van der Waals surface area contributed by atoms with E-state index in [4.69, 9.17) is 5.73 Å². The highest BCUT2D eigenvalue weighted by molar-refractivity contribution is 8.15. The van der Waals surface area contributed by atoms with E-state index < -0.39 is 0 Å². The molecule has 0 spiro atoms. The first-order valence-corrected chi connectivity index (χ1v) is 7.68. The van der Waals surface area contributed by atoms with Gasteiger partial charge in [-0.3, -0.25) is 9.78 Å². The Morgan fingerprint density at radius 2 is 2.16 bits per heavy atom. The van der Waals surface area contributed by atoms with Crippen LogP contribution in [0, 0.1) is 0 Å². The zero-order valence-electron chi connectivity index (χ0n) is 12.1. The maximum atomic E-state index is 12.1. The van der Waals surface area contributed by atoms with Gasteiger partial charge >= 0.3 is 0 Å². The second-order valence-corrected chi connectivity index (χ2v) is 7.02. The Morgan fingerprint density at radius 3 is 2.68 bits per heavy atom. The lowest BCUT2D eigenvalue weighted by molar-refractivity contribution is 0.108. The molecule has 0 radical (unpaired) electrons. The third-order valence-electron chi connectivity index (χ3n) is 2.97. The standard InChI is InChI=1S/C15H24N2OS/c1-4-5-6-12-7-8-13(17-11-12)14(18)19-15(2,3)9-10-16/h7-8,11H,4-6,9-10,16H2,1-3H3. The van der Waals surface area contributed by atoms with Gasteiger partial charge in [0.25, 0.3) is 0 Å². The number of aromatic nitrogens is 1. The molecule has 0 fully saturated rings. The Morgan fingerprint density at radius 1 is 1.42 bits per heavy atom. The van der Waals surface area contributed by atoms with Gasteiger partial charge in [-0.2, -0.15) is 0 Å². The van der Waals surface area contributed by atoms with Gasteiger partial charge in [-0.25, -0.2) is 0 Å². The fourth-order valence-corrected chi connectivity index (χ4v) is 2.72. The molecule has 0 amide bonds. The Labute approximate surface area is 120 Å². The number of rotatable bonds is 7. The first kappa shape index (κ1) is 16.2. The van der Waals surface area contributed by atoms with Crippen molar-refractivity contribution in [2.24, 2.45) is 5.73 Å². The molecular weight excluding hydrogens is 256 g/mol. The average Bonchev–Trinajstić information content (AvgIpc) is 2.36. The molecule has 2 N–H and O–H groups in total. The maximum absolute atomic E-state index is 12.1. The number of pyridine rings is 1. The minimum atomic E-state index is -0.131. The number of hydrogen-bond donors (Lipinski definition) is 1. The van der Waals surface area contributed by atoms with Crippen LogP contribution in [0.25, 0.3) is 0 Å². The van der Waals surface area contributed by atoms with Crippen LogP contribution in [0.15, 0.2) is 18.3 Å². The molecule has 1 rings (SSSR count). The average molecular weight is 280 g/mol. The normalized spacial score (nSPS) is 11.6. The van der Waals surface area contributed by atoms with Crippen LogP contribution in [-0.4, -0.2) is 21.4 Å². The third-order valence-corrected chi connectivity index (χ3v) is 4.12. The summed E-state index contributed by atoms with van der Waals surface area (Å²) >= 11 is 1.32. The van der Waals surface area contributed by atoms with Crippen molar-refractivity contribution in [3.63, 3.8) is 0 Å². The van der Waals surface area contributed by atoms with Crippen LogP contribution in [0.2, 0.25) is 0 Å². The van der Waals surface area contributed by atoms with E-state index in [0.717, 1.165) is 19.3 Å². The highest BCUT2D eigenvalue weighted by Crippen LogP contribution is 2.30. The minimum Gasteiger partial charge on any atom is -0.330 e. The maximum Gasteiger partial charge on any atom is 0.238 e. The second kappa shape index (κ2) is 7.65. The molecule has 3 nitrogen and oxygen atoms in total. The number of carbonyl (C=O) groups is 1. The minimum absolute atomic E-state index is 0.0282. The summed E-state index contributed by atoms with van der Waals surface area (Å²) < 4.78 is -0.131. The molecule has 1 heterocycles. The summed E-state index contributed by atoms with van der Waals surface area (Å²) in [5, 5.41) is 0.0282. The molecule has 0 aliphatic rings. The summed E-state index contributed by atoms with van der Waals surface area (Å²) in [6.45, 7) is 6.84. The van der Waals surface area contributed by atoms with Crippen molar-refractivity contribution in [2.45, 2.75) is 51.2 Å². The van der Waals surface area contributed by atoms with Gasteiger partial charge in [-0.15, -0.1) is 0 Å². The summed E-state index contributed by atoms with van der Waals surface area (Å²) in [6, 6.07) is 3.84. The summed E-state index contributed by atoms with van der Waals surface area (Å²) in [4.78, 5) is 16.4. The van der Waals surface area contributed by atoms with E-state index in [0.29, 0.717) is 12.2 Å². The summed E-state index contributed by atoms with van der Waals surface area (Å²) in [7, 11) is 0. The van der Waals surface area contributed by atoms with Crippen molar-refractivity contribution < 1.29 is 4.79 Å². The monoisotopic (exact) mass is 280 g/mol. The first-order valence-electron chi connectivity index (χ1n) is 6.87. The van der Waals surface area contributed by atoms with Gasteiger partial charge in [0.05, 0.1) is 0 Å². The number of nitrogens with two attached hydrogens (primary N) is 1. The highest BCUT2D eigenvalue weighted by atomic mass is 32.2. The molecule has 0 saturated carbocycles. The first-order chi connectivity index (χ1) is 8.98. The molecule has 0 aliphatic heterocycles. The number of thioether (sulfide) groups is 1. The van der Waals surface area contributed by atoms with Crippen molar-refractivity contribution in [2.75, 3.05) is 6.54 Å². The quantitative estimate of drug-likeness (QED) is 0.831. The van der Waals surface area contributed by atoms with E-state index in [1.165, 1.54) is 23.7 Å². The molecule has 0 saturated heterocycles. The Hall–Kier alpha value is -0.870. The number of nitrogens with zero attached hydrogens (tertiary/aromatic N) is 1. The van der Waals surface area contributed by atoms with E-state index in [1.54, 1.807) is 0 Å².